The maximum atomic E-state index is 13.5. The normalized spacial score (nSPS) is 10.8. The van der Waals surface area contributed by atoms with Gasteiger partial charge in [-0.3, -0.25) is 4.40 Å². The molecule has 0 amide bonds. The second-order valence-electron chi connectivity index (χ2n) is 4.93. The Hall–Kier alpha value is -2.89. The van der Waals surface area contributed by atoms with Crippen molar-refractivity contribution in [2.45, 2.75) is 13.5 Å². The van der Waals surface area contributed by atoms with E-state index in [-0.39, 0.29) is 11.5 Å². The van der Waals surface area contributed by atoms with E-state index in [4.69, 9.17) is 0 Å². The van der Waals surface area contributed by atoms with Gasteiger partial charge in [0.05, 0.1) is 5.69 Å². The molecule has 2 heterocycles. The van der Waals surface area contributed by atoms with E-state index in [2.05, 4.69) is 10.3 Å². The van der Waals surface area contributed by atoms with Gasteiger partial charge in [-0.2, -0.15) is 0 Å². The molecule has 0 bridgehead atoms. The first-order valence-electron chi connectivity index (χ1n) is 6.75. The molecule has 0 aliphatic heterocycles. The van der Waals surface area contributed by atoms with E-state index < -0.39 is 5.97 Å². The Balaban J connectivity index is 1.95. The number of carboxylic acids is 1. The van der Waals surface area contributed by atoms with Crippen LogP contribution >= 0.6 is 0 Å². The summed E-state index contributed by atoms with van der Waals surface area (Å²) in [5, 5.41) is 12.5. The summed E-state index contributed by atoms with van der Waals surface area (Å²) in [6, 6.07) is 8.24. The first-order valence-corrected chi connectivity index (χ1v) is 6.75. The minimum atomic E-state index is -1.05. The average molecular weight is 299 g/mol. The lowest BCUT2D eigenvalue weighted by Crippen LogP contribution is -2.11. The number of fused-ring (bicyclic) bond motifs is 1. The van der Waals surface area contributed by atoms with E-state index in [0.717, 1.165) is 5.56 Å². The zero-order chi connectivity index (χ0) is 15.7. The molecule has 2 aromatic heterocycles. The van der Waals surface area contributed by atoms with Crippen LogP contribution in [0.1, 0.15) is 21.6 Å². The predicted molar refractivity (Wildman–Crippen MR) is 80.6 cm³/mol. The second kappa shape index (κ2) is 5.48. The molecule has 0 fully saturated rings. The zero-order valence-electron chi connectivity index (χ0n) is 11.9. The number of aromatic carboxylic acids is 1. The van der Waals surface area contributed by atoms with E-state index in [1.165, 1.54) is 10.5 Å². The molecule has 112 valence electrons. The number of carboxylic acid groups (broad SMARTS) is 1. The van der Waals surface area contributed by atoms with Crippen LogP contribution in [0.2, 0.25) is 0 Å². The van der Waals surface area contributed by atoms with Crippen molar-refractivity contribution in [1.82, 2.24) is 9.38 Å². The molecular formula is C16H14FN3O2. The van der Waals surface area contributed by atoms with Crippen LogP contribution in [-0.4, -0.2) is 20.5 Å². The van der Waals surface area contributed by atoms with E-state index in [9.17, 15) is 14.3 Å². The lowest BCUT2D eigenvalue weighted by molar-refractivity contribution is 0.0690. The summed E-state index contributed by atoms with van der Waals surface area (Å²) in [6.07, 6.45) is 3.14. The highest BCUT2D eigenvalue weighted by Gasteiger charge is 2.15. The molecule has 1 aromatic carbocycles. The van der Waals surface area contributed by atoms with Gasteiger partial charge in [-0.15, -0.1) is 0 Å². The molecule has 3 rings (SSSR count). The highest BCUT2D eigenvalue weighted by atomic mass is 19.1. The number of imidazole rings is 1. The summed E-state index contributed by atoms with van der Waals surface area (Å²) < 4.78 is 15.0. The number of hydrogen-bond donors (Lipinski definition) is 2. The van der Waals surface area contributed by atoms with Crippen molar-refractivity contribution in [3.63, 3.8) is 0 Å². The first kappa shape index (κ1) is 14.1. The third-order valence-electron chi connectivity index (χ3n) is 3.62. The third-order valence-corrected chi connectivity index (χ3v) is 3.62. The molecule has 0 saturated heterocycles. The lowest BCUT2D eigenvalue weighted by atomic mass is 10.1. The van der Waals surface area contributed by atoms with Crippen LogP contribution in [0.5, 0.6) is 0 Å². The second-order valence-corrected chi connectivity index (χ2v) is 4.93. The number of nitrogens with zero attached hydrogens (tertiary/aromatic N) is 2. The maximum absolute atomic E-state index is 13.5. The number of benzene rings is 1. The Labute approximate surface area is 126 Å². The molecule has 0 aliphatic carbocycles. The monoisotopic (exact) mass is 299 g/mol. The number of anilines is 1. The Morgan fingerprint density at radius 3 is 2.95 bits per heavy atom. The standard InChI is InChI=1S/C16H14FN3O2/c1-10-11(3-2-4-12(10)17)9-19-13-5-6-14-18-7-8-20(14)15(13)16(21)22/h2-8,19H,9H2,1H3,(H,21,22). The molecule has 2 N–H and O–H groups in total. The maximum Gasteiger partial charge on any atom is 0.355 e. The summed E-state index contributed by atoms with van der Waals surface area (Å²) >= 11 is 0. The number of aromatic nitrogens is 2. The van der Waals surface area contributed by atoms with Crippen molar-refractivity contribution < 1.29 is 14.3 Å². The molecule has 0 radical (unpaired) electrons. The van der Waals surface area contributed by atoms with Gasteiger partial charge in [-0.25, -0.2) is 14.2 Å². The van der Waals surface area contributed by atoms with Crippen LogP contribution in [0.25, 0.3) is 5.65 Å². The fourth-order valence-corrected chi connectivity index (χ4v) is 2.39. The van der Waals surface area contributed by atoms with Crippen LogP contribution < -0.4 is 5.32 Å². The van der Waals surface area contributed by atoms with Gasteiger partial charge in [-0.1, -0.05) is 12.1 Å². The summed E-state index contributed by atoms with van der Waals surface area (Å²) in [4.78, 5) is 15.6. The lowest BCUT2D eigenvalue weighted by Gasteiger charge is -2.13. The van der Waals surface area contributed by atoms with Gasteiger partial charge in [0.15, 0.2) is 5.69 Å². The van der Waals surface area contributed by atoms with Crippen molar-refractivity contribution in [3.8, 4) is 0 Å². The Morgan fingerprint density at radius 2 is 2.18 bits per heavy atom. The van der Waals surface area contributed by atoms with Crippen molar-refractivity contribution in [1.29, 1.82) is 0 Å². The van der Waals surface area contributed by atoms with Gasteiger partial charge in [0, 0.05) is 18.9 Å². The molecular weight excluding hydrogens is 285 g/mol. The molecule has 0 unspecified atom stereocenters. The van der Waals surface area contributed by atoms with Gasteiger partial charge >= 0.3 is 5.97 Å². The van der Waals surface area contributed by atoms with Gasteiger partial charge < -0.3 is 10.4 Å². The van der Waals surface area contributed by atoms with Crippen LogP contribution in [0.3, 0.4) is 0 Å². The Morgan fingerprint density at radius 1 is 1.36 bits per heavy atom. The SMILES string of the molecule is Cc1c(F)cccc1CNc1ccc2nccn2c1C(=O)O. The van der Waals surface area contributed by atoms with Crippen molar-refractivity contribution in [3.05, 3.63) is 65.4 Å². The highest BCUT2D eigenvalue weighted by Crippen LogP contribution is 2.20. The van der Waals surface area contributed by atoms with E-state index in [1.54, 1.807) is 37.5 Å². The number of halogens is 1. The molecule has 22 heavy (non-hydrogen) atoms. The number of nitrogens with one attached hydrogen (secondary N) is 1. The fourth-order valence-electron chi connectivity index (χ4n) is 2.39. The molecule has 0 spiro atoms. The third kappa shape index (κ3) is 2.39. The topological polar surface area (TPSA) is 66.6 Å². The summed E-state index contributed by atoms with van der Waals surface area (Å²) in [5.74, 6) is -1.33. The Bertz CT molecular complexity index is 858. The van der Waals surface area contributed by atoms with Gasteiger partial charge in [0.25, 0.3) is 0 Å². The molecule has 0 saturated carbocycles. The largest absolute Gasteiger partial charge is 0.476 e. The average Bonchev–Trinajstić information content (AvgIpc) is 2.96. The quantitative estimate of drug-likeness (QED) is 0.777. The van der Waals surface area contributed by atoms with Crippen LogP contribution in [0, 0.1) is 12.7 Å². The number of hydrogen-bond acceptors (Lipinski definition) is 3. The van der Waals surface area contributed by atoms with Crippen molar-refractivity contribution in [2.75, 3.05) is 5.32 Å². The van der Waals surface area contributed by atoms with Gasteiger partial charge in [0.1, 0.15) is 11.5 Å². The first-order chi connectivity index (χ1) is 10.6. The van der Waals surface area contributed by atoms with E-state index in [0.29, 0.717) is 23.4 Å². The number of rotatable bonds is 4. The van der Waals surface area contributed by atoms with E-state index >= 15 is 0 Å². The summed E-state index contributed by atoms with van der Waals surface area (Å²) in [5.41, 5.74) is 2.45. The van der Waals surface area contributed by atoms with Crippen LogP contribution in [-0.2, 0) is 6.54 Å². The van der Waals surface area contributed by atoms with E-state index in [1.807, 2.05) is 6.07 Å². The Kier molecular flexibility index (Phi) is 3.50. The fraction of sp³-hybridized carbons (Fsp3) is 0.125. The van der Waals surface area contributed by atoms with Crippen LogP contribution in [0.15, 0.2) is 42.7 Å². The van der Waals surface area contributed by atoms with Crippen molar-refractivity contribution in [2.24, 2.45) is 0 Å². The smallest absolute Gasteiger partial charge is 0.355 e. The van der Waals surface area contributed by atoms with Gasteiger partial charge in [0.2, 0.25) is 0 Å². The molecule has 6 heteroatoms. The van der Waals surface area contributed by atoms with Crippen molar-refractivity contribution >= 4 is 17.3 Å². The predicted octanol–water partition coefficient (Wildman–Crippen LogP) is 3.09. The number of pyridine rings is 1. The summed E-state index contributed by atoms with van der Waals surface area (Å²) in [7, 11) is 0. The molecule has 0 atom stereocenters. The molecule has 0 aliphatic rings. The summed E-state index contributed by atoms with van der Waals surface area (Å²) in [6.45, 7) is 2.04. The zero-order valence-corrected chi connectivity index (χ0v) is 11.9. The van der Waals surface area contributed by atoms with Gasteiger partial charge in [-0.05, 0) is 36.2 Å². The number of carbonyl (C=O) groups is 1. The van der Waals surface area contributed by atoms with Crippen LogP contribution in [0.4, 0.5) is 10.1 Å². The minimum absolute atomic E-state index is 0.101. The highest BCUT2D eigenvalue weighted by molar-refractivity contribution is 5.93. The molecule has 3 aromatic rings. The minimum Gasteiger partial charge on any atom is -0.476 e. The molecule has 5 nitrogen and oxygen atoms in total.